The van der Waals surface area contributed by atoms with Crippen LogP contribution in [0.1, 0.15) is 0 Å². The predicted molar refractivity (Wildman–Crippen MR) is 61.5 cm³/mol. The maximum atomic E-state index is 4.18. The van der Waals surface area contributed by atoms with E-state index in [0.717, 1.165) is 21.7 Å². The molecule has 1 aromatic carbocycles. The number of aromatic nitrogens is 3. The van der Waals surface area contributed by atoms with Gasteiger partial charge in [0.2, 0.25) is 0 Å². The number of anilines is 2. The Hall–Kier alpha value is -1.88. The Kier molecular flexibility index (Phi) is 1.89. The summed E-state index contributed by atoms with van der Waals surface area (Å²) in [5.74, 6) is 0. The zero-order valence-electron chi connectivity index (χ0n) is 7.77. The number of aromatic amines is 1. The van der Waals surface area contributed by atoms with E-state index in [2.05, 4.69) is 20.5 Å². The molecule has 2 aromatic heterocycles. The van der Waals surface area contributed by atoms with Crippen LogP contribution < -0.4 is 5.32 Å². The normalized spacial score (nSPS) is 10.7. The molecular weight excluding hydrogens is 208 g/mol. The minimum absolute atomic E-state index is 0.892. The minimum atomic E-state index is 0.892. The van der Waals surface area contributed by atoms with Gasteiger partial charge in [0, 0.05) is 17.0 Å². The van der Waals surface area contributed by atoms with Crippen LogP contribution in [-0.4, -0.2) is 15.2 Å². The quantitative estimate of drug-likeness (QED) is 0.692. The second kappa shape index (κ2) is 3.36. The summed E-state index contributed by atoms with van der Waals surface area (Å²) in [7, 11) is 0. The molecule has 0 fully saturated rings. The third kappa shape index (κ3) is 1.46. The summed E-state index contributed by atoms with van der Waals surface area (Å²) in [6.07, 6.45) is 3.59. The topological polar surface area (TPSA) is 53.6 Å². The van der Waals surface area contributed by atoms with Gasteiger partial charge in [-0.05, 0) is 12.1 Å². The van der Waals surface area contributed by atoms with Crippen molar-refractivity contribution in [1.29, 1.82) is 0 Å². The molecule has 0 spiro atoms. The molecule has 15 heavy (non-hydrogen) atoms. The molecule has 2 heterocycles. The zero-order valence-corrected chi connectivity index (χ0v) is 8.58. The minimum Gasteiger partial charge on any atom is -0.331 e. The first-order valence-electron chi connectivity index (χ1n) is 4.52. The monoisotopic (exact) mass is 216 g/mol. The highest BCUT2D eigenvalue weighted by molar-refractivity contribution is 7.13. The Bertz CT molecular complexity index is 570. The zero-order chi connectivity index (χ0) is 10.1. The highest BCUT2D eigenvalue weighted by Crippen LogP contribution is 2.25. The lowest BCUT2D eigenvalue weighted by molar-refractivity contribution is 1.12. The largest absolute Gasteiger partial charge is 0.331 e. The van der Waals surface area contributed by atoms with Crippen LogP contribution in [0.2, 0.25) is 0 Å². The molecule has 0 amide bonds. The van der Waals surface area contributed by atoms with Crippen LogP contribution in [0, 0.1) is 0 Å². The second-order valence-electron chi connectivity index (χ2n) is 3.10. The third-order valence-corrected chi connectivity index (χ3v) is 2.85. The van der Waals surface area contributed by atoms with Gasteiger partial charge in [-0.25, -0.2) is 4.98 Å². The fourth-order valence-electron chi connectivity index (χ4n) is 1.48. The highest BCUT2D eigenvalue weighted by atomic mass is 32.1. The van der Waals surface area contributed by atoms with Crippen molar-refractivity contribution < 1.29 is 0 Å². The van der Waals surface area contributed by atoms with Gasteiger partial charge in [0.1, 0.15) is 0 Å². The van der Waals surface area contributed by atoms with Gasteiger partial charge < -0.3 is 5.32 Å². The average Bonchev–Trinajstić information content (AvgIpc) is 2.87. The number of nitrogens with one attached hydrogen (secondary N) is 2. The van der Waals surface area contributed by atoms with Crippen molar-refractivity contribution in [1.82, 2.24) is 15.2 Å². The van der Waals surface area contributed by atoms with Crippen molar-refractivity contribution >= 4 is 33.1 Å². The fourth-order valence-corrected chi connectivity index (χ4v) is 2.02. The Balaban J connectivity index is 2.07. The fraction of sp³-hybridized carbons (Fsp3) is 0. The van der Waals surface area contributed by atoms with Crippen molar-refractivity contribution in [2.75, 3.05) is 5.32 Å². The molecule has 0 aliphatic carbocycles. The standard InChI is InChI=1S/C10H8N4S/c1-2-8(13-10-11-4-5-15-10)7-6-12-14-9(7)3-1/h1-6H,(H,11,13)(H,12,14). The Morgan fingerprint density at radius 2 is 2.33 bits per heavy atom. The van der Waals surface area contributed by atoms with Gasteiger partial charge >= 0.3 is 0 Å². The van der Waals surface area contributed by atoms with Crippen LogP contribution in [0.3, 0.4) is 0 Å². The number of rotatable bonds is 2. The van der Waals surface area contributed by atoms with Crippen molar-refractivity contribution in [3.63, 3.8) is 0 Å². The number of fused-ring (bicyclic) bond motifs is 1. The van der Waals surface area contributed by atoms with Gasteiger partial charge in [0.15, 0.2) is 5.13 Å². The van der Waals surface area contributed by atoms with Crippen LogP contribution in [0.15, 0.2) is 36.0 Å². The second-order valence-corrected chi connectivity index (χ2v) is 3.99. The lowest BCUT2D eigenvalue weighted by Crippen LogP contribution is -1.88. The number of H-pyrrole nitrogens is 1. The molecule has 4 nitrogen and oxygen atoms in total. The van der Waals surface area contributed by atoms with E-state index in [4.69, 9.17) is 0 Å². The molecule has 3 aromatic rings. The van der Waals surface area contributed by atoms with Crippen LogP contribution in [-0.2, 0) is 0 Å². The summed E-state index contributed by atoms with van der Waals surface area (Å²) in [4.78, 5) is 4.18. The van der Waals surface area contributed by atoms with Crippen molar-refractivity contribution in [2.45, 2.75) is 0 Å². The van der Waals surface area contributed by atoms with Crippen molar-refractivity contribution in [3.05, 3.63) is 36.0 Å². The predicted octanol–water partition coefficient (Wildman–Crippen LogP) is 2.76. The lowest BCUT2D eigenvalue weighted by atomic mass is 10.2. The number of benzene rings is 1. The number of nitrogens with zero attached hydrogens (tertiary/aromatic N) is 2. The molecule has 2 N–H and O–H groups in total. The smallest absolute Gasteiger partial charge is 0.187 e. The first kappa shape index (κ1) is 8.43. The lowest BCUT2D eigenvalue weighted by Gasteiger charge is -2.02. The van der Waals surface area contributed by atoms with E-state index in [1.165, 1.54) is 0 Å². The number of hydrogen-bond donors (Lipinski definition) is 2. The molecule has 0 unspecified atom stereocenters. The van der Waals surface area contributed by atoms with E-state index in [1.807, 2.05) is 29.8 Å². The maximum absolute atomic E-state index is 4.18. The molecule has 5 heteroatoms. The summed E-state index contributed by atoms with van der Waals surface area (Å²) in [6.45, 7) is 0. The average molecular weight is 216 g/mol. The molecule has 74 valence electrons. The molecular formula is C10H8N4S. The van der Waals surface area contributed by atoms with Crippen LogP contribution >= 0.6 is 11.3 Å². The van der Waals surface area contributed by atoms with E-state index in [0.29, 0.717) is 0 Å². The van der Waals surface area contributed by atoms with Gasteiger partial charge in [-0.1, -0.05) is 6.07 Å². The van der Waals surface area contributed by atoms with Gasteiger partial charge in [0.05, 0.1) is 17.4 Å². The molecule has 0 atom stereocenters. The first-order chi connectivity index (χ1) is 7.43. The van der Waals surface area contributed by atoms with Gasteiger partial charge in [0.25, 0.3) is 0 Å². The SMILES string of the molecule is c1cc(Nc2nccs2)c2cn[nH]c2c1. The van der Waals surface area contributed by atoms with E-state index >= 15 is 0 Å². The van der Waals surface area contributed by atoms with Crippen LogP contribution in [0.25, 0.3) is 10.9 Å². The Morgan fingerprint density at radius 1 is 1.33 bits per heavy atom. The maximum Gasteiger partial charge on any atom is 0.187 e. The van der Waals surface area contributed by atoms with Crippen LogP contribution in [0.4, 0.5) is 10.8 Å². The summed E-state index contributed by atoms with van der Waals surface area (Å²) < 4.78 is 0. The summed E-state index contributed by atoms with van der Waals surface area (Å²) in [5.41, 5.74) is 2.05. The molecule has 0 aliphatic rings. The third-order valence-electron chi connectivity index (χ3n) is 2.16. The molecule has 0 saturated heterocycles. The van der Waals surface area contributed by atoms with Gasteiger partial charge in [-0.2, -0.15) is 5.10 Å². The molecule has 0 radical (unpaired) electrons. The van der Waals surface area contributed by atoms with Crippen molar-refractivity contribution in [3.8, 4) is 0 Å². The summed E-state index contributed by atoms with van der Waals surface area (Å²) in [6, 6.07) is 5.99. The molecule has 0 saturated carbocycles. The van der Waals surface area contributed by atoms with Crippen molar-refractivity contribution in [2.24, 2.45) is 0 Å². The summed E-state index contributed by atoms with van der Waals surface area (Å²) in [5, 5.41) is 14.1. The van der Waals surface area contributed by atoms with Gasteiger partial charge in [-0.3, -0.25) is 5.10 Å². The number of thiazole rings is 1. The van der Waals surface area contributed by atoms with E-state index < -0.39 is 0 Å². The van der Waals surface area contributed by atoms with Crippen LogP contribution in [0.5, 0.6) is 0 Å². The highest BCUT2D eigenvalue weighted by Gasteiger charge is 2.03. The van der Waals surface area contributed by atoms with E-state index in [9.17, 15) is 0 Å². The van der Waals surface area contributed by atoms with E-state index in [1.54, 1.807) is 17.5 Å². The van der Waals surface area contributed by atoms with Gasteiger partial charge in [-0.15, -0.1) is 11.3 Å². The molecule has 0 aliphatic heterocycles. The first-order valence-corrected chi connectivity index (χ1v) is 5.40. The summed E-state index contributed by atoms with van der Waals surface area (Å²) >= 11 is 1.58. The molecule has 3 rings (SSSR count). The number of hydrogen-bond acceptors (Lipinski definition) is 4. The Morgan fingerprint density at radius 3 is 3.20 bits per heavy atom. The molecule has 0 bridgehead atoms. The Labute approximate surface area is 90.0 Å². The van der Waals surface area contributed by atoms with E-state index in [-0.39, 0.29) is 0 Å².